The molecule has 3 heteroatoms. The molecule has 2 nitrogen and oxygen atoms in total. The summed E-state index contributed by atoms with van der Waals surface area (Å²) >= 11 is 1.71. The Morgan fingerprint density at radius 3 is 3.00 bits per heavy atom. The van der Waals surface area contributed by atoms with Crippen LogP contribution in [0.5, 0.6) is 0 Å². The molecule has 1 aromatic heterocycles. The van der Waals surface area contributed by atoms with Gasteiger partial charge in [0.15, 0.2) is 0 Å². The van der Waals surface area contributed by atoms with E-state index in [4.69, 9.17) is 4.74 Å². The summed E-state index contributed by atoms with van der Waals surface area (Å²) in [6, 6.07) is 2.15. The topological polar surface area (TPSA) is 26.3 Å². The van der Waals surface area contributed by atoms with E-state index in [1.54, 1.807) is 11.3 Å². The molecule has 0 fully saturated rings. The molecule has 0 amide bonds. The molecule has 90 valence electrons. The van der Waals surface area contributed by atoms with E-state index in [0.717, 1.165) is 12.8 Å². The van der Waals surface area contributed by atoms with Crippen molar-refractivity contribution in [1.29, 1.82) is 0 Å². The first kappa shape index (κ1) is 12.1. The van der Waals surface area contributed by atoms with Gasteiger partial charge in [0.05, 0.1) is 6.61 Å². The fraction of sp³-hybridized carbons (Fsp3) is 0.357. The summed E-state index contributed by atoms with van der Waals surface area (Å²) in [4.78, 5) is 10.8. The van der Waals surface area contributed by atoms with E-state index in [0.29, 0.717) is 6.61 Å². The number of carbonyl (C=O) groups excluding carboxylic acids is 1. The second kappa shape index (κ2) is 5.32. The fourth-order valence-corrected chi connectivity index (χ4v) is 2.90. The number of esters is 1. The Labute approximate surface area is 106 Å². The van der Waals surface area contributed by atoms with Crippen molar-refractivity contribution in [3.63, 3.8) is 0 Å². The third kappa shape index (κ3) is 2.86. The van der Waals surface area contributed by atoms with Crippen molar-refractivity contribution in [3.8, 4) is 0 Å². The molecule has 1 unspecified atom stereocenters. The molecule has 0 saturated heterocycles. The van der Waals surface area contributed by atoms with Crippen LogP contribution in [-0.2, 0) is 14.9 Å². The van der Waals surface area contributed by atoms with E-state index < -0.39 is 0 Å². The molecule has 1 aliphatic rings. The number of rotatable bonds is 4. The van der Waals surface area contributed by atoms with E-state index in [9.17, 15) is 4.79 Å². The molecule has 0 spiro atoms. The number of allylic oxidation sites excluding steroid dienone is 4. The van der Waals surface area contributed by atoms with Crippen LogP contribution in [-0.4, -0.2) is 12.6 Å². The van der Waals surface area contributed by atoms with Crippen molar-refractivity contribution in [1.82, 2.24) is 0 Å². The van der Waals surface area contributed by atoms with Gasteiger partial charge in [0, 0.05) is 12.3 Å². The number of ether oxygens (including phenoxy) is 1. The smallest absolute Gasteiger partial charge is 0.302 e. The maximum Gasteiger partial charge on any atom is 0.302 e. The van der Waals surface area contributed by atoms with Gasteiger partial charge in [-0.25, -0.2) is 0 Å². The van der Waals surface area contributed by atoms with Crippen molar-refractivity contribution in [2.75, 3.05) is 6.61 Å². The van der Waals surface area contributed by atoms with Gasteiger partial charge in [-0.15, -0.1) is 0 Å². The normalized spacial score (nSPS) is 22.6. The lowest BCUT2D eigenvalue weighted by Gasteiger charge is -2.30. The Morgan fingerprint density at radius 1 is 1.53 bits per heavy atom. The van der Waals surface area contributed by atoms with Crippen LogP contribution in [0.1, 0.15) is 25.3 Å². The predicted octanol–water partition coefficient (Wildman–Crippen LogP) is 3.46. The second-order valence-electron chi connectivity index (χ2n) is 4.25. The molecule has 1 atom stereocenters. The predicted molar refractivity (Wildman–Crippen MR) is 70.1 cm³/mol. The molecule has 0 saturated carbocycles. The third-order valence-electron chi connectivity index (χ3n) is 3.09. The van der Waals surface area contributed by atoms with Gasteiger partial charge < -0.3 is 4.74 Å². The SMILES string of the molecule is CC(=O)OCCC1(c2ccsc2)C=CC=CC1. The molecule has 17 heavy (non-hydrogen) atoms. The molecule has 1 heterocycles. The van der Waals surface area contributed by atoms with Crippen LogP contribution < -0.4 is 0 Å². The lowest BCUT2D eigenvalue weighted by atomic mass is 9.74. The van der Waals surface area contributed by atoms with Crippen molar-refractivity contribution in [2.24, 2.45) is 0 Å². The molecule has 0 aromatic carbocycles. The maximum absolute atomic E-state index is 10.8. The second-order valence-corrected chi connectivity index (χ2v) is 5.03. The summed E-state index contributed by atoms with van der Waals surface area (Å²) in [7, 11) is 0. The van der Waals surface area contributed by atoms with Crippen LogP contribution in [0.15, 0.2) is 41.1 Å². The van der Waals surface area contributed by atoms with E-state index >= 15 is 0 Å². The standard InChI is InChI=1S/C14H16O2S/c1-12(15)16-9-8-14(6-3-2-4-7-14)13-5-10-17-11-13/h2-6,10-11H,7-9H2,1H3. The largest absolute Gasteiger partial charge is 0.466 e. The van der Waals surface area contributed by atoms with Gasteiger partial charge in [-0.3, -0.25) is 4.79 Å². The highest BCUT2D eigenvalue weighted by molar-refractivity contribution is 7.08. The molecule has 0 N–H and O–H groups in total. The number of hydrogen-bond acceptors (Lipinski definition) is 3. The third-order valence-corrected chi connectivity index (χ3v) is 3.78. The Morgan fingerprint density at radius 2 is 2.41 bits per heavy atom. The Bertz CT molecular complexity index is 431. The zero-order chi connectivity index (χ0) is 12.1. The molecule has 1 aliphatic carbocycles. The zero-order valence-electron chi connectivity index (χ0n) is 9.89. The summed E-state index contributed by atoms with van der Waals surface area (Å²) in [5.41, 5.74) is 1.32. The first-order valence-corrected chi connectivity index (χ1v) is 6.68. The first-order valence-electron chi connectivity index (χ1n) is 5.73. The number of hydrogen-bond donors (Lipinski definition) is 0. The fourth-order valence-electron chi connectivity index (χ4n) is 2.13. The minimum Gasteiger partial charge on any atom is -0.466 e. The summed E-state index contributed by atoms with van der Waals surface area (Å²) in [5.74, 6) is -0.208. The van der Waals surface area contributed by atoms with Gasteiger partial charge in [-0.1, -0.05) is 24.3 Å². The van der Waals surface area contributed by atoms with Crippen LogP contribution in [0.3, 0.4) is 0 Å². The molecule has 2 rings (SSSR count). The highest BCUT2D eigenvalue weighted by Gasteiger charge is 2.29. The van der Waals surface area contributed by atoms with Crippen LogP contribution in [0.2, 0.25) is 0 Å². The Balaban J connectivity index is 2.11. The summed E-state index contributed by atoms with van der Waals surface area (Å²) < 4.78 is 5.07. The molecule has 0 radical (unpaired) electrons. The molecule has 0 aliphatic heterocycles. The van der Waals surface area contributed by atoms with Gasteiger partial charge in [-0.2, -0.15) is 11.3 Å². The minimum atomic E-state index is -0.208. The molecular weight excluding hydrogens is 232 g/mol. The number of thiophene rings is 1. The zero-order valence-corrected chi connectivity index (χ0v) is 10.7. The van der Waals surface area contributed by atoms with Gasteiger partial charge in [-0.05, 0) is 35.2 Å². The Hall–Kier alpha value is -1.35. The first-order chi connectivity index (χ1) is 8.23. The molecule has 1 aromatic rings. The Kier molecular flexibility index (Phi) is 3.79. The highest BCUT2D eigenvalue weighted by Crippen LogP contribution is 2.37. The average Bonchev–Trinajstić information content (AvgIpc) is 2.83. The monoisotopic (exact) mass is 248 g/mol. The minimum absolute atomic E-state index is 0.00417. The highest BCUT2D eigenvalue weighted by atomic mass is 32.1. The number of carbonyl (C=O) groups is 1. The summed E-state index contributed by atoms with van der Waals surface area (Å²) in [6.07, 6.45) is 10.3. The van der Waals surface area contributed by atoms with E-state index in [-0.39, 0.29) is 11.4 Å². The van der Waals surface area contributed by atoms with Crippen molar-refractivity contribution >= 4 is 17.3 Å². The molecular formula is C14H16O2S. The van der Waals surface area contributed by atoms with Crippen molar-refractivity contribution in [2.45, 2.75) is 25.2 Å². The van der Waals surface area contributed by atoms with Gasteiger partial charge in [0.25, 0.3) is 0 Å². The van der Waals surface area contributed by atoms with E-state index in [1.165, 1.54) is 12.5 Å². The van der Waals surface area contributed by atoms with Gasteiger partial charge >= 0.3 is 5.97 Å². The van der Waals surface area contributed by atoms with Gasteiger partial charge in [0.1, 0.15) is 0 Å². The van der Waals surface area contributed by atoms with Crippen molar-refractivity contribution in [3.05, 3.63) is 46.7 Å². The van der Waals surface area contributed by atoms with Crippen LogP contribution in [0.25, 0.3) is 0 Å². The molecule has 0 bridgehead atoms. The quantitative estimate of drug-likeness (QED) is 0.763. The van der Waals surface area contributed by atoms with E-state index in [2.05, 4.69) is 41.1 Å². The van der Waals surface area contributed by atoms with E-state index in [1.807, 2.05) is 0 Å². The lowest BCUT2D eigenvalue weighted by Crippen LogP contribution is -2.26. The average molecular weight is 248 g/mol. The maximum atomic E-state index is 10.8. The summed E-state index contributed by atoms with van der Waals surface area (Å²) in [6.45, 7) is 1.93. The van der Waals surface area contributed by atoms with Crippen LogP contribution in [0.4, 0.5) is 0 Å². The van der Waals surface area contributed by atoms with Crippen molar-refractivity contribution < 1.29 is 9.53 Å². The van der Waals surface area contributed by atoms with Gasteiger partial charge in [0.2, 0.25) is 0 Å². The lowest BCUT2D eigenvalue weighted by molar-refractivity contribution is -0.141. The van der Waals surface area contributed by atoms with Crippen LogP contribution in [0, 0.1) is 0 Å². The van der Waals surface area contributed by atoms with Crippen LogP contribution >= 0.6 is 11.3 Å². The summed E-state index contributed by atoms with van der Waals surface area (Å²) in [5, 5.41) is 4.27.